The number of hydrogen-bond acceptors (Lipinski definition) is 4. The monoisotopic (exact) mass is 465 g/mol. The summed E-state index contributed by atoms with van der Waals surface area (Å²) in [4.78, 5) is 10.7. The number of guanidine groups is 1. The number of aromatic nitrogens is 1. The van der Waals surface area contributed by atoms with Crippen molar-refractivity contribution < 1.29 is 9.13 Å². The van der Waals surface area contributed by atoms with Crippen LogP contribution in [0.5, 0.6) is 0 Å². The lowest BCUT2D eigenvalue weighted by Gasteiger charge is -2.19. The Balaban J connectivity index is 0.00000312. The number of nitrogens with zero attached hydrogens (tertiary/aromatic N) is 3. The van der Waals surface area contributed by atoms with Gasteiger partial charge in [0, 0.05) is 51.6 Å². The van der Waals surface area contributed by atoms with E-state index in [9.17, 15) is 4.39 Å². The van der Waals surface area contributed by atoms with Crippen molar-refractivity contribution in [3.63, 3.8) is 0 Å². The largest absolute Gasteiger partial charge is 0.382 e. The van der Waals surface area contributed by atoms with Crippen molar-refractivity contribution in [2.45, 2.75) is 32.7 Å². The van der Waals surface area contributed by atoms with E-state index in [0.717, 1.165) is 58.2 Å². The number of hydrogen-bond donors (Lipinski definition) is 2. The normalized spacial score (nSPS) is 17.3. The Bertz CT molecular complexity index is 532. The summed E-state index contributed by atoms with van der Waals surface area (Å²) in [6, 6.07) is 3.30. The molecule has 0 radical (unpaired) electrons. The van der Waals surface area contributed by atoms with Gasteiger partial charge in [-0.15, -0.1) is 24.0 Å². The molecule has 0 saturated carbocycles. The van der Waals surface area contributed by atoms with Crippen LogP contribution >= 0.6 is 24.0 Å². The van der Waals surface area contributed by atoms with E-state index >= 15 is 0 Å². The van der Waals surface area contributed by atoms with Gasteiger partial charge in [0.25, 0.3) is 0 Å². The van der Waals surface area contributed by atoms with E-state index in [0.29, 0.717) is 5.82 Å². The summed E-state index contributed by atoms with van der Waals surface area (Å²) in [6.45, 7) is 8.54. The molecule has 1 saturated heterocycles. The molecule has 1 aliphatic rings. The molecule has 8 heteroatoms. The van der Waals surface area contributed by atoms with E-state index in [1.165, 1.54) is 6.07 Å². The van der Waals surface area contributed by atoms with E-state index in [2.05, 4.69) is 20.6 Å². The number of halogens is 2. The van der Waals surface area contributed by atoms with E-state index in [1.807, 2.05) is 18.7 Å². The van der Waals surface area contributed by atoms with Gasteiger partial charge in [0.05, 0.1) is 0 Å². The first-order valence-electron chi connectivity index (χ1n) is 8.72. The van der Waals surface area contributed by atoms with Crippen LogP contribution in [0.3, 0.4) is 0 Å². The van der Waals surface area contributed by atoms with Crippen LogP contribution in [0.1, 0.15) is 26.7 Å². The maximum Gasteiger partial charge on any atom is 0.191 e. The minimum Gasteiger partial charge on any atom is -0.382 e. The molecule has 2 rings (SSSR count). The van der Waals surface area contributed by atoms with Gasteiger partial charge in [0.2, 0.25) is 0 Å². The van der Waals surface area contributed by atoms with E-state index < -0.39 is 0 Å². The predicted octanol–water partition coefficient (Wildman–Crippen LogP) is 2.40. The van der Waals surface area contributed by atoms with Gasteiger partial charge >= 0.3 is 0 Å². The van der Waals surface area contributed by atoms with Gasteiger partial charge < -0.3 is 20.3 Å². The maximum atomic E-state index is 13.8. The smallest absolute Gasteiger partial charge is 0.191 e. The molecule has 0 aromatic carbocycles. The van der Waals surface area contributed by atoms with Crippen LogP contribution in [0.2, 0.25) is 0 Å². The van der Waals surface area contributed by atoms with Crippen LogP contribution in [0.15, 0.2) is 23.3 Å². The quantitative estimate of drug-likeness (QED) is 0.267. The van der Waals surface area contributed by atoms with Crippen molar-refractivity contribution in [1.29, 1.82) is 0 Å². The van der Waals surface area contributed by atoms with E-state index in [4.69, 9.17) is 4.74 Å². The highest BCUT2D eigenvalue weighted by molar-refractivity contribution is 14.0. The summed E-state index contributed by atoms with van der Waals surface area (Å²) in [5, 5.41) is 6.69. The fourth-order valence-corrected chi connectivity index (χ4v) is 2.70. The molecule has 0 bridgehead atoms. The molecule has 25 heavy (non-hydrogen) atoms. The number of anilines is 1. The van der Waals surface area contributed by atoms with Crippen LogP contribution < -0.4 is 15.5 Å². The number of aliphatic imine (C=N–C) groups is 1. The van der Waals surface area contributed by atoms with Crippen LogP contribution in [0, 0.1) is 5.82 Å². The molecule has 1 atom stereocenters. The number of nitrogens with one attached hydrogen (secondary N) is 2. The lowest BCUT2D eigenvalue weighted by molar-refractivity contribution is 0.146. The summed E-state index contributed by atoms with van der Waals surface area (Å²) in [5.74, 6) is 0.970. The van der Waals surface area contributed by atoms with Crippen LogP contribution in [-0.2, 0) is 4.74 Å². The first-order chi connectivity index (χ1) is 11.7. The second-order valence-corrected chi connectivity index (χ2v) is 5.70. The Labute approximate surface area is 166 Å². The lowest BCUT2D eigenvalue weighted by atomic mass is 10.3. The van der Waals surface area contributed by atoms with E-state index in [1.54, 1.807) is 12.3 Å². The Morgan fingerprint density at radius 3 is 3.04 bits per heavy atom. The molecule has 1 aromatic heterocycles. The second-order valence-electron chi connectivity index (χ2n) is 5.70. The van der Waals surface area contributed by atoms with Gasteiger partial charge in [-0.25, -0.2) is 9.37 Å². The van der Waals surface area contributed by atoms with Crippen molar-refractivity contribution in [3.05, 3.63) is 24.1 Å². The Morgan fingerprint density at radius 1 is 1.48 bits per heavy atom. The Hall–Kier alpha value is -1.16. The third-order valence-electron chi connectivity index (χ3n) is 3.83. The predicted molar refractivity (Wildman–Crippen MR) is 110 cm³/mol. The van der Waals surface area contributed by atoms with Crippen LogP contribution in [-0.4, -0.2) is 56.4 Å². The molecule has 1 fully saturated rings. The van der Waals surface area contributed by atoms with Gasteiger partial charge in [-0.2, -0.15) is 0 Å². The maximum absolute atomic E-state index is 13.8. The Kier molecular flexibility index (Phi) is 10.7. The van der Waals surface area contributed by atoms with Gasteiger partial charge in [-0.05, 0) is 38.8 Å². The van der Waals surface area contributed by atoms with Gasteiger partial charge in [-0.3, -0.25) is 4.99 Å². The van der Waals surface area contributed by atoms with Gasteiger partial charge in [0.1, 0.15) is 0 Å². The molecule has 1 aromatic rings. The minimum atomic E-state index is -0.269. The summed E-state index contributed by atoms with van der Waals surface area (Å²) in [6.07, 6.45) is 3.46. The molecule has 1 unspecified atom stereocenters. The summed E-state index contributed by atoms with van der Waals surface area (Å²) < 4.78 is 19.2. The SMILES string of the molecule is CCNC(=NCCCOCC)NC1CCN(c2ncccc2F)C1.I. The van der Waals surface area contributed by atoms with Crippen molar-refractivity contribution in [2.24, 2.45) is 4.99 Å². The zero-order valence-corrected chi connectivity index (χ0v) is 17.3. The molecule has 2 heterocycles. The first kappa shape index (κ1) is 21.9. The average molecular weight is 465 g/mol. The minimum absolute atomic E-state index is 0. The van der Waals surface area contributed by atoms with Crippen molar-refractivity contribution in [2.75, 3.05) is 44.3 Å². The molecular weight excluding hydrogens is 436 g/mol. The second kappa shape index (κ2) is 12.2. The Morgan fingerprint density at radius 2 is 2.32 bits per heavy atom. The highest BCUT2D eigenvalue weighted by Gasteiger charge is 2.25. The number of pyridine rings is 1. The fraction of sp³-hybridized carbons (Fsp3) is 0.647. The fourth-order valence-electron chi connectivity index (χ4n) is 2.70. The summed E-state index contributed by atoms with van der Waals surface area (Å²) in [5.41, 5.74) is 0. The number of ether oxygens (including phenoxy) is 1. The highest BCUT2D eigenvalue weighted by atomic mass is 127. The van der Waals surface area contributed by atoms with Crippen LogP contribution in [0.25, 0.3) is 0 Å². The van der Waals surface area contributed by atoms with Crippen molar-refractivity contribution in [1.82, 2.24) is 15.6 Å². The topological polar surface area (TPSA) is 61.8 Å². The van der Waals surface area contributed by atoms with Gasteiger partial charge in [-0.1, -0.05) is 0 Å². The third-order valence-corrected chi connectivity index (χ3v) is 3.83. The lowest BCUT2D eigenvalue weighted by Crippen LogP contribution is -2.44. The molecule has 1 aliphatic heterocycles. The molecule has 0 amide bonds. The standard InChI is InChI=1S/C17H28FN5O.HI/c1-3-19-17(21-10-6-12-24-4-2)22-14-8-11-23(13-14)16-15(18)7-5-9-20-16;/h5,7,9,14H,3-4,6,8,10-13H2,1-2H3,(H2,19,21,22);1H. The van der Waals surface area contributed by atoms with Gasteiger partial charge in [0.15, 0.2) is 17.6 Å². The molecule has 6 nitrogen and oxygen atoms in total. The highest BCUT2D eigenvalue weighted by Crippen LogP contribution is 2.20. The van der Waals surface area contributed by atoms with E-state index in [-0.39, 0.29) is 35.8 Å². The molecule has 142 valence electrons. The molecule has 0 aliphatic carbocycles. The molecule has 2 N–H and O–H groups in total. The summed E-state index contributed by atoms with van der Waals surface area (Å²) in [7, 11) is 0. The van der Waals surface area contributed by atoms with Crippen molar-refractivity contribution >= 4 is 35.8 Å². The molecular formula is C17H29FIN5O. The van der Waals surface area contributed by atoms with Crippen molar-refractivity contribution in [3.8, 4) is 0 Å². The zero-order chi connectivity index (χ0) is 17.2. The van der Waals surface area contributed by atoms with Crippen LogP contribution in [0.4, 0.5) is 10.2 Å². The molecule has 0 spiro atoms. The number of rotatable bonds is 8. The zero-order valence-electron chi connectivity index (χ0n) is 15.0. The third kappa shape index (κ3) is 7.31. The summed E-state index contributed by atoms with van der Waals surface area (Å²) >= 11 is 0. The first-order valence-corrected chi connectivity index (χ1v) is 8.72. The average Bonchev–Trinajstić information content (AvgIpc) is 3.03.